The SMILES string of the molecule is C=C(C)CN1CCC(NC(=NCc2nnc(C)n2C)NCC2CCCN2CC)CC1.I. The number of halogens is 1. The lowest BCUT2D eigenvalue weighted by molar-refractivity contribution is 0.220. The highest BCUT2D eigenvalue weighted by molar-refractivity contribution is 14.0. The van der Waals surface area contributed by atoms with Crippen LogP contribution in [0, 0.1) is 6.92 Å². The number of guanidine groups is 1. The van der Waals surface area contributed by atoms with Crippen LogP contribution in [0.25, 0.3) is 0 Å². The molecule has 31 heavy (non-hydrogen) atoms. The number of aliphatic imine (C=N–C) groups is 1. The van der Waals surface area contributed by atoms with Crippen LogP contribution in [0.1, 0.15) is 51.2 Å². The van der Waals surface area contributed by atoms with Gasteiger partial charge in [0.2, 0.25) is 0 Å². The van der Waals surface area contributed by atoms with Crippen LogP contribution in [0.15, 0.2) is 17.1 Å². The molecular weight excluding hydrogens is 503 g/mol. The molecule has 2 N–H and O–H groups in total. The quantitative estimate of drug-likeness (QED) is 0.227. The number of hydrogen-bond donors (Lipinski definition) is 2. The van der Waals surface area contributed by atoms with Crippen molar-refractivity contribution in [2.75, 3.05) is 39.3 Å². The Bertz CT molecular complexity index is 723. The van der Waals surface area contributed by atoms with E-state index >= 15 is 0 Å². The maximum absolute atomic E-state index is 4.87. The number of nitrogens with one attached hydrogen (secondary N) is 2. The molecule has 0 spiro atoms. The van der Waals surface area contributed by atoms with Crippen LogP contribution in [-0.2, 0) is 13.6 Å². The van der Waals surface area contributed by atoms with E-state index in [1.54, 1.807) is 0 Å². The molecule has 2 saturated heterocycles. The molecule has 3 rings (SSSR count). The van der Waals surface area contributed by atoms with Gasteiger partial charge in [0.05, 0.1) is 0 Å². The average Bonchev–Trinajstić information content (AvgIpc) is 3.31. The van der Waals surface area contributed by atoms with Gasteiger partial charge in [0.1, 0.15) is 12.4 Å². The molecular formula is C22H41IN8. The zero-order chi connectivity index (χ0) is 21.5. The minimum absolute atomic E-state index is 0. The third kappa shape index (κ3) is 7.71. The van der Waals surface area contributed by atoms with Crippen molar-refractivity contribution >= 4 is 29.9 Å². The van der Waals surface area contributed by atoms with Crippen molar-refractivity contribution in [3.63, 3.8) is 0 Å². The lowest BCUT2D eigenvalue weighted by atomic mass is 10.0. The first-order valence-electron chi connectivity index (χ1n) is 11.5. The fourth-order valence-corrected chi connectivity index (χ4v) is 4.46. The van der Waals surface area contributed by atoms with E-state index in [-0.39, 0.29) is 24.0 Å². The van der Waals surface area contributed by atoms with Crippen LogP contribution < -0.4 is 10.6 Å². The van der Waals surface area contributed by atoms with Gasteiger partial charge in [0, 0.05) is 45.3 Å². The Morgan fingerprint density at radius 1 is 1.19 bits per heavy atom. The van der Waals surface area contributed by atoms with E-state index < -0.39 is 0 Å². The fraction of sp³-hybridized carbons (Fsp3) is 0.773. The van der Waals surface area contributed by atoms with Crippen molar-refractivity contribution in [3.8, 4) is 0 Å². The number of hydrogen-bond acceptors (Lipinski definition) is 5. The topological polar surface area (TPSA) is 73.6 Å². The Morgan fingerprint density at radius 3 is 2.55 bits per heavy atom. The van der Waals surface area contributed by atoms with Crippen molar-refractivity contribution in [1.29, 1.82) is 0 Å². The number of aryl methyl sites for hydroxylation is 1. The van der Waals surface area contributed by atoms with Crippen LogP contribution in [0.3, 0.4) is 0 Å². The molecule has 0 saturated carbocycles. The van der Waals surface area contributed by atoms with E-state index in [1.807, 2.05) is 18.5 Å². The van der Waals surface area contributed by atoms with E-state index in [1.165, 1.54) is 25.0 Å². The van der Waals surface area contributed by atoms with Gasteiger partial charge < -0.3 is 15.2 Å². The average molecular weight is 545 g/mol. The highest BCUT2D eigenvalue weighted by Gasteiger charge is 2.24. The van der Waals surface area contributed by atoms with E-state index in [4.69, 9.17) is 4.99 Å². The van der Waals surface area contributed by atoms with E-state index in [0.717, 1.165) is 63.2 Å². The summed E-state index contributed by atoms with van der Waals surface area (Å²) in [7, 11) is 2.00. The number of likely N-dealkylation sites (N-methyl/N-ethyl adjacent to an activating group) is 1. The summed E-state index contributed by atoms with van der Waals surface area (Å²) in [4.78, 5) is 9.92. The van der Waals surface area contributed by atoms with E-state index in [0.29, 0.717) is 18.6 Å². The summed E-state index contributed by atoms with van der Waals surface area (Å²) >= 11 is 0. The molecule has 1 aromatic rings. The Labute approximate surface area is 205 Å². The predicted octanol–water partition coefficient (Wildman–Crippen LogP) is 2.30. The summed E-state index contributed by atoms with van der Waals surface area (Å²) in [5, 5.41) is 15.7. The van der Waals surface area contributed by atoms with Gasteiger partial charge in [-0.15, -0.1) is 34.2 Å². The molecule has 0 amide bonds. The first-order valence-corrected chi connectivity index (χ1v) is 11.5. The van der Waals surface area contributed by atoms with Gasteiger partial charge in [-0.05, 0) is 52.6 Å². The summed E-state index contributed by atoms with van der Waals surface area (Å²) in [6, 6.07) is 1.04. The highest BCUT2D eigenvalue weighted by Crippen LogP contribution is 2.16. The number of aromatic nitrogens is 3. The predicted molar refractivity (Wildman–Crippen MR) is 138 cm³/mol. The van der Waals surface area contributed by atoms with Crippen molar-refractivity contribution in [3.05, 3.63) is 23.8 Å². The Hall–Kier alpha value is -1.20. The zero-order valence-electron chi connectivity index (χ0n) is 19.7. The summed E-state index contributed by atoms with van der Waals surface area (Å²) < 4.78 is 2.01. The zero-order valence-corrected chi connectivity index (χ0v) is 22.1. The molecule has 176 valence electrons. The first-order chi connectivity index (χ1) is 14.5. The van der Waals surface area contributed by atoms with Crippen molar-refractivity contribution in [2.45, 2.75) is 65.1 Å². The molecule has 8 nitrogen and oxygen atoms in total. The fourth-order valence-electron chi connectivity index (χ4n) is 4.46. The lowest BCUT2D eigenvalue weighted by Crippen LogP contribution is -2.51. The molecule has 1 aromatic heterocycles. The first kappa shape index (κ1) is 26.1. The molecule has 0 bridgehead atoms. The lowest BCUT2D eigenvalue weighted by Gasteiger charge is -2.33. The highest BCUT2D eigenvalue weighted by atomic mass is 127. The number of likely N-dealkylation sites (tertiary alicyclic amines) is 2. The van der Waals surface area contributed by atoms with Crippen molar-refractivity contribution in [1.82, 2.24) is 35.2 Å². The maximum Gasteiger partial charge on any atom is 0.191 e. The smallest absolute Gasteiger partial charge is 0.191 e. The van der Waals surface area contributed by atoms with Crippen LogP contribution in [0.5, 0.6) is 0 Å². The molecule has 0 aromatic carbocycles. The van der Waals surface area contributed by atoms with Crippen LogP contribution in [0.2, 0.25) is 0 Å². The summed E-state index contributed by atoms with van der Waals surface area (Å²) in [6.45, 7) is 17.4. The third-order valence-electron chi connectivity index (χ3n) is 6.39. The second kappa shape index (κ2) is 12.7. The van der Waals surface area contributed by atoms with Gasteiger partial charge in [-0.25, -0.2) is 4.99 Å². The molecule has 1 unspecified atom stereocenters. The summed E-state index contributed by atoms with van der Waals surface area (Å²) in [5.41, 5.74) is 1.24. The minimum Gasteiger partial charge on any atom is -0.355 e. The largest absolute Gasteiger partial charge is 0.355 e. The van der Waals surface area contributed by atoms with E-state index in [9.17, 15) is 0 Å². The normalized spacial score (nSPS) is 21.2. The molecule has 0 radical (unpaired) electrons. The third-order valence-corrected chi connectivity index (χ3v) is 6.39. The van der Waals surface area contributed by atoms with Crippen molar-refractivity contribution < 1.29 is 0 Å². The molecule has 2 fully saturated rings. The van der Waals surface area contributed by atoms with Gasteiger partial charge in [-0.2, -0.15) is 0 Å². The Balaban J connectivity index is 0.00000341. The number of nitrogens with zero attached hydrogens (tertiary/aromatic N) is 6. The standard InChI is InChI=1S/C22H40N8.HI/c1-6-30-11-7-8-20(30)14-23-22(24-15-21-27-26-18(4)28(21)5)25-19-9-12-29(13-10-19)16-17(2)3;/h19-20H,2,6-16H2,1,3-5H3,(H2,23,24,25);1H. The Morgan fingerprint density at radius 2 is 1.94 bits per heavy atom. The summed E-state index contributed by atoms with van der Waals surface area (Å²) in [5.74, 6) is 2.70. The molecule has 2 aliphatic heterocycles. The minimum atomic E-state index is 0. The Kier molecular flexibility index (Phi) is 10.7. The number of rotatable bonds is 8. The molecule has 2 aliphatic rings. The van der Waals surface area contributed by atoms with Gasteiger partial charge in [-0.1, -0.05) is 19.1 Å². The van der Waals surface area contributed by atoms with Gasteiger partial charge in [-0.3, -0.25) is 9.80 Å². The van der Waals surface area contributed by atoms with E-state index in [2.05, 4.69) is 51.1 Å². The molecule has 0 aliphatic carbocycles. The second-order valence-electron chi connectivity index (χ2n) is 8.84. The molecule has 1 atom stereocenters. The molecule has 9 heteroatoms. The van der Waals surface area contributed by atoms with Gasteiger partial charge in [0.15, 0.2) is 11.8 Å². The summed E-state index contributed by atoms with van der Waals surface area (Å²) in [6.07, 6.45) is 4.80. The van der Waals surface area contributed by atoms with Gasteiger partial charge >= 0.3 is 0 Å². The second-order valence-corrected chi connectivity index (χ2v) is 8.84. The number of piperidine rings is 1. The monoisotopic (exact) mass is 544 g/mol. The van der Waals surface area contributed by atoms with Crippen LogP contribution >= 0.6 is 24.0 Å². The van der Waals surface area contributed by atoms with Crippen LogP contribution in [-0.4, -0.2) is 81.9 Å². The van der Waals surface area contributed by atoms with Gasteiger partial charge in [0.25, 0.3) is 0 Å². The van der Waals surface area contributed by atoms with Crippen molar-refractivity contribution in [2.24, 2.45) is 12.0 Å². The molecule has 3 heterocycles. The maximum atomic E-state index is 4.87. The van der Waals surface area contributed by atoms with Crippen LogP contribution in [0.4, 0.5) is 0 Å².